The van der Waals surface area contributed by atoms with E-state index in [1.165, 1.54) is 24.3 Å². The molecule has 0 bridgehead atoms. The van der Waals surface area contributed by atoms with Crippen LogP contribution in [0.2, 0.25) is 0 Å². The summed E-state index contributed by atoms with van der Waals surface area (Å²) < 4.78 is 0. The van der Waals surface area contributed by atoms with Gasteiger partial charge < -0.3 is 39.6 Å². The van der Waals surface area contributed by atoms with Crippen LogP contribution >= 0.6 is 0 Å². The van der Waals surface area contributed by atoms with Crippen molar-refractivity contribution < 1.29 is 39.6 Å². The van der Waals surface area contributed by atoms with Gasteiger partial charge in [-0.1, -0.05) is 190 Å². The van der Waals surface area contributed by atoms with Gasteiger partial charge in [0.25, 0.3) is 0 Å². The molecule has 0 saturated heterocycles. The first kappa shape index (κ1) is 60.4. The van der Waals surface area contributed by atoms with Crippen LogP contribution in [0.15, 0.2) is 215 Å². The molecule has 0 aromatic heterocycles. The monoisotopic (exact) mass is 836 g/mol. The minimum absolute atomic E-state index is 0. The van der Waals surface area contributed by atoms with Crippen molar-refractivity contribution >= 4 is 99.4 Å². The Morgan fingerprint density at radius 2 is 0.379 bits per heavy atom. The summed E-state index contributed by atoms with van der Waals surface area (Å²) in [5, 5.41) is 41.3. The molecular formula is C48H52Ca2O8. The SMILES string of the molecule is CC(/C=C/C=C(C)/C=C/C(=O)[O-])=C\C=C\C=C(C)\C=C\C=C(C)\C=C\C(=O)[O-].CC(C=C/C=C(C)\C=C\C(=O)[O-])=C/C=C/C=C(C)/C=C/C=C(C)/C=C/C(=O)[O-].[Ca+2].[Ca+2]. The van der Waals surface area contributed by atoms with Crippen LogP contribution in [0.1, 0.15) is 55.4 Å². The Morgan fingerprint density at radius 3 is 0.534 bits per heavy atom. The zero-order valence-electron chi connectivity index (χ0n) is 34.8. The van der Waals surface area contributed by atoms with Gasteiger partial charge in [0.1, 0.15) is 0 Å². The van der Waals surface area contributed by atoms with Crippen LogP contribution in [0, 0.1) is 0 Å². The number of hydrogen-bond donors (Lipinski definition) is 0. The molecule has 0 radical (unpaired) electrons. The molecule has 0 aliphatic rings. The fourth-order valence-electron chi connectivity index (χ4n) is 3.48. The molecule has 10 heteroatoms. The van der Waals surface area contributed by atoms with Crippen LogP contribution in [0.25, 0.3) is 0 Å². The molecule has 0 saturated carbocycles. The quantitative estimate of drug-likeness (QED) is 0.0903. The zero-order chi connectivity index (χ0) is 42.7. The summed E-state index contributed by atoms with van der Waals surface area (Å²) >= 11 is 0. The molecule has 0 spiro atoms. The van der Waals surface area contributed by atoms with Gasteiger partial charge in [0.2, 0.25) is 0 Å². The maximum atomic E-state index is 10.3. The fourth-order valence-corrected chi connectivity index (χ4v) is 3.48. The number of rotatable bonds is 20. The van der Waals surface area contributed by atoms with E-state index in [1.807, 2.05) is 149 Å². The molecule has 0 atom stereocenters. The standard InChI is InChI=1S/2C24H28O4.2Ca/c2*1-19(11-7-13-21(3)15-17-23(25)26)9-5-6-10-20(2)12-8-14-22(4)16-18-24(27)28;;/h2*5-18H,1-4H3,(H,25,26)(H,27,28);;/q;;2*+2/p-4/b6-5+,11-7+,12-8?,17-15+,18-16+,19-9+,20-10?,21-13+,22-14-;6-5+,11-7+,12-8+,17-15+,18-16+,19-9+,20-10+,21-13+,22-14+;;. The van der Waals surface area contributed by atoms with Crippen LogP contribution in [-0.4, -0.2) is 99.4 Å². The first-order chi connectivity index (χ1) is 26.4. The van der Waals surface area contributed by atoms with Crippen molar-refractivity contribution in [2.24, 2.45) is 0 Å². The number of allylic oxidation sites excluding steroid dienone is 32. The number of carbonyl (C=O) groups excluding carboxylic acids is 4. The van der Waals surface area contributed by atoms with E-state index in [1.54, 1.807) is 27.7 Å². The van der Waals surface area contributed by atoms with E-state index in [0.717, 1.165) is 68.9 Å². The predicted octanol–water partition coefficient (Wildman–Crippen LogP) is 5.34. The Hall–Kier alpha value is -4.28. The second kappa shape index (κ2) is 39.5. The largest absolute Gasteiger partial charge is 2.00 e. The summed E-state index contributed by atoms with van der Waals surface area (Å²) in [7, 11) is 0. The van der Waals surface area contributed by atoms with Crippen LogP contribution in [-0.2, 0) is 19.2 Å². The molecule has 0 rings (SSSR count). The van der Waals surface area contributed by atoms with Crippen molar-refractivity contribution in [3.8, 4) is 0 Å². The zero-order valence-corrected chi connectivity index (χ0v) is 39.3. The summed E-state index contributed by atoms with van der Waals surface area (Å²) in [6.07, 6.45) is 47.8. The van der Waals surface area contributed by atoms with Gasteiger partial charge in [-0.25, -0.2) is 0 Å². The van der Waals surface area contributed by atoms with Crippen LogP contribution < -0.4 is 20.4 Å². The molecule has 0 N–H and O–H groups in total. The van der Waals surface area contributed by atoms with Gasteiger partial charge in [0.05, 0.1) is 23.9 Å². The number of carboxylic acids is 4. The molecule has 0 aromatic carbocycles. The Kier molecular flexibility index (Phi) is 41.2. The van der Waals surface area contributed by atoms with Crippen LogP contribution in [0.5, 0.6) is 0 Å². The second-order valence-electron chi connectivity index (χ2n) is 12.1. The van der Waals surface area contributed by atoms with E-state index >= 15 is 0 Å². The van der Waals surface area contributed by atoms with Gasteiger partial charge in [-0.05, 0) is 79.7 Å². The first-order valence-corrected chi connectivity index (χ1v) is 17.4. The van der Waals surface area contributed by atoms with E-state index in [4.69, 9.17) is 0 Å². The van der Waals surface area contributed by atoms with E-state index in [2.05, 4.69) is 0 Å². The molecule has 0 amide bonds. The molecular weight excluding hydrogens is 785 g/mol. The minimum atomic E-state index is -1.21. The Balaban J connectivity index is -0.000000486. The number of carboxylic acid groups (broad SMARTS) is 4. The molecule has 0 aromatic rings. The molecule has 0 heterocycles. The van der Waals surface area contributed by atoms with E-state index in [0.29, 0.717) is 0 Å². The topological polar surface area (TPSA) is 161 Å². The third-order valence-corrected chi connectivity index (χ3v) is 6.46. The number of carbonyl (C=O) groups is 4. The molecule has 296 valence electrons. The van der Waals surface area contributed by atoms with E-state index in [-0.39, 0.29) is 75.5 Å². The van der Waals surface area contributed by atoms with Crippen LogP contribution in [0.3, 0.4) is 0 Å². The van der Waals surface area contributed by atoms with Crippen molar-refractivity contribution in [3.05, 3.63) is 215 Å². The third kappa shape index (κ3) is 46.1. The molecule has 0 fully saturated rings. The molecule has 8 nitrogen and oxygen atoms in total. The normalized spacial score (nSPS) is 14.6. The van der Waals surface area contributed by atoms with E-state index < -0.39 is 23.9 Å². The molecule has 0 unspecified atom stereocenters. The van der Waals surface area contributed by atoms with Crippen molar-refractivity contribution in [1.29, 1.82) is 0 Å². The van der Waals surface area contributed by atoms with Gasteiger partial charge in [-0.15, -0.1) is 0 Å². The number of hydrogen-bond acceptors (Lipinski definition) is 8. The number of aliphatic carboxylic acids is 4. The minimum Gasteiger partial charge on any atom is -0.545 e. The summed E-state index contributed by atoms with van der Waals surface area (Å²) in [4.78, 5) is 41.3. The Labute approximate surface area is 405 Å². The van der Waals surface area contributed by atoms with Crippen molar-refractivity contribution in [2.75, 3.05) is 0 Å². The van der Waals surface area contributed by atoms with E-state index in [9.17, 15) is 39.6 Å². The fraction of sp³-hybridized carbons (Fsp3) is 0.167. The van der Waals surface area contributed by atoms with Gasteiger partial charge in [-0.2, -0.15) is 0 Å². The molecule has 0 aliphatic carbocycles. The summed E-state index contributed by atoms with van der Waals surface area (Å²) in [6, 6.07) is 0. The maximum absolute atomic E-state index is 10.3. The smallest absolute Gasteiger partial charge is 0.545 e. The predicted molar refractivity (Wildman–Crippen MR) is 233 cm³/mol. The summed E-state index contributed by atoms with van der Waals surface area (Å²) in [6.45, 7) is 15.1. The van der Waals surface area contributed by atoms with Crippen molar-refractivity contribution in [1.82, 2.24) is 0 Å². The molecule has 58 heavy (non-hydrogen) atoms. The third-order valence-electron chi connectivity index (χ3n) is 6.46. The van der Waals surface area contributed by atoms with Gasteiger partial charge in [0.15, 0.2) is 0 Å². The second-order valence-corrected chi connectivity index (χ2v) is 12.1. The van der Waals surface area contributed by atoms with Gasteiger partial charge >= 0.3 is 75.5 Å². The maximum Gasteiger partial charge on any atom is 2.00 e. The first-order valence-electron chi connectivity index (χ1n) is 17.4. The molecule has 0 aliphatic heterocycles. The summed E-state index contributed by atoms with van der Waals surface area (Å²) in [5.41, 5.74) is 7.44. The van der Waals surface area contributed by atoms with Crippen molar-refractivity contribution in [3.63, 3.8) is 0 Å². The van der Waals surface area contributed by atoms with Gasteiger partial charge in [0, 0.05) is 0 Å². The van der Waals surface area contributed by atoms with Crippen LogP contribution in [0.4, 0.5) is 0 Å². The average Bonchev–Trinajstić information content (AvgIpc) is 3.12. The van der Waals surface area contributed by atoms with Gasteiger partial charge in [-0.3, -0.25) is 0 Å². The van der Waals surface area contributed by atoms with Crippen molar-refractivity contribution in [2.45, 2.75) is 55.4 Å². The Bertz CT molecular complexity index is 1630. The Morgan fingerprint density at radius 1 is 0.241 bits per heavy atom. The average molecular weight is 837 g/mol. The summed E-state index contributed by atoms with van der Waals surface area (Å²) in [5.74, 6) is -4.85.